The highest BCUT2D eigenvalue weighted by Crippen LogP contribution is 2.23. The van der Waals surface area contributed by atoms with Gasteiger partial charge >= 0.3 is 0 Å². The number of Topliss-reactive ketones (excluding diaryl/α,β-unsaturated/α-hetero) is 1. The van der Waals surface area contributed by atoms with E-state index in [1.54, 1.807) is 11.3 Å². The zero-order chi connectivity index (χ0) is 9.68. The fourth-order valence-electron chi connectivity index (χ4n) is 1.15. The molecule has 0 saturated carbocycles. The van der Waals surface area contributed by atoms with Gasteiger partial charge in [-0.05, 0) is 22.4 Å². The summed E-state index contributed by atoms with van der Waals surface area (Å²) in [6, 6.07) is 0. The van der Waals surface area contributed by atoms with Crippen molar-refractivity contribution in [3.05, 3.63) is 20.8 Å². The minimum Gasteiger partial charge on any atom is -0.294 e. The summed E-state index contributed by atoms with van der Waals surface area (Å²) in [6.45, 7) is 2.14. The number of halogens is 1. The molecule has 0 aliphatic rings. The van der Waals surface area contributed by atoms with Crippen LogP contribution in [0.4, 0.5) is 0 Å². The summed E-state index contributed by atoms with van der Waals surface area (Å²) in [5.41, 5.74) is 0.848. The molecule has 0 atom stereocenters. The number of hydrogen-bond acceptors (Lipinski definition) is 2. The van der Waals surface area contributed by atoms with Gasteiger partial charge in [0, 0.05) is 27.2 Å². The molecule has 0 fully saturated rings. The zero-order valence-corrected chi connectivity index (χ0v) is 10.1. The predicted molar refractivity (Wildman–Crippen MR) is 60.5 cm³/mol. The average Bonchev–Trinajstić information content (AvgIpc) is 2.52. The maximum atomic E-state index is 11.6. The Morgan fingerprint density at radius 2 is 2.23 bits per heavy atom. The van der Waals surface area contributed by atoms with E-state index in [-0.39, 0.29) is 5.78 Å². The second kappa shape index (κ2) is 5.55. The van der Waals surface area contributed by atoms with E-state index in [0.717, 1.165) is 29.3 Å². The van der Waals surface area contributed by atoms with E-state index in [1.165, 1.54) is 0 Å². The summed E-state index contributed by atoms with van der Waals surface area (Å²) in [6.07, 6.45) is 4.01. The first-order valence-electron chi connectivity index (χ1n) is 4.50. The van der Waals surface area contributed by atoms with Crippen LogP contribution in [-0.4, -0.2) is 5.78 Å². The number of rotatable bonds is 5. The van der Waals surface area contributed by atoms with Crippen LogP contribution in [0.1, 0.15) is 43.0 Å². The third-order valence-corrected chi connectivity index (χ3v) is 3.63. The molecule has 0 spiro atoms. The Balaban J connectivity index is 2.45. The van der Waals surface area contributed by atoms with E-state index in [0.29, 0.717) is 6.42 Å². The molecule has 1 nitrogen and oxygen atoms in total. The Labute approximate surface area is 91.3 Å². The van der Waals surface area contributed by atoms with Crippen LogP contribution in [0.5, 0.6) is 0 Å². The SMILES string of the molecule is CCCCCC(=O)c1cscc1Br. The van der Waals surface area contributed by atoms with Gasteiger partial charge in [-0.3, -0.25) is 4.79 Å². The van der Waals surface area contributed by atoms with Gasteiger partial charge in [0.05, 0.1) is 0 Å². The van der Waals surface area contributed by atoms with Gasteiger partial charge in [-0.1, -0.05) is 19.8 Å². The molecule has 1 rings (SSSR count). The highest BCUT2D eigenvalue weighted by atomic mass is 79.9. The molecule has 0 amide bonds. The minimum absolute atomic E-state index is 0.265. The lowest BCUT2D eigenvalue weighted by molar-refractivity contribution is 0.0979. The van der Waals surface area contributed by atoms with Crippen LogP contribution < -0.4 is 0 Å². The summed E-state index contributed by atoms with van der Waals surface area (Å²) in [7, 11) is 0. The third-order valence-electron chi connectivity index (χ3n) is 1.92. The van der Waals surface area contributed by atoms with Crippen molar-refractivity contribution in [3.8, 4) is 0 Å². The summed E-state index contributed by atoms with van der Waals surface area (Å²) in [4.78, 5) is 11.6. The molecule has 0 saturated heterocycles. The van der Waals surface area contributed by atoms with Crippen LogP contribution in [0.25, 0.3) is 0 Å². The van der Waals surface area contributed by atoms with Crippen LogP contribution in [0, 0.1) is 0 Å². The van der Waals surface area contributed by atoms with Gasteiger partial charge in [-0.25, -0.2) is 0 Å². The largest absolute Gasteiger partial charge is 0.294 e. The van der Waals surface area contributed by atoms with E-state index in [2.05, 4.69) is 22.9 Å². The van der Waals surface area contributed by atoms with Gasteiger partial charge in [-0.2, -0.15) is 11.3 Å². The van der Waals surface area contributed by atoms with Crippen molar-refractivity contribution in [2.75, 3.05) is 0 Å². The lowest BCUT2D eigenvalue weighted by Gasteiger charge is -1.97. The fourth-order valence-corrected chi connectivity index (χ4v) is 2.67. The number of ketones is 1. The summed E-state index contributed by atoms with van der Waals surface area (Å²) in [5.74, 6) is 0.265. The number of carbonyl (C=O) groups is 1. The van der Waals surface area contributed by atoms with E-state index in [9.17, 15) is 4.79 Å². The molecule has 0 radical (unpaired) electrons. The first-order chi connectivity index (χ1) is 6.25. The lowest BCUT2D eigenvalue weighted by Crippen LogP contribution is -1.97. The van der Waals surface area contributed by atoms with Crippen molar-refractivity contribution in [1.82, 2.24) is 0 Å². The molecule has 0 N–H and O–H groups in total. The van der Waals surface area contributed by atoms with Gasteiger partial charge < -0.3 is 0 Å². The van der Waals surface area contributed by atoms with Crippen molar-refractivity contribution in [2.24, 2.45) is 0 Å². The molecular formula is C10H13BrOS. The molecule has 0 aliphatic heterocycles. The Bertz CT molecular complexity index is 280. The summed E-state index contributed by atoms with van der Waals surface area (Å²) >= 11 is 4.93. The standard InChI is InChI=1S/C10H13BrOS/c1-2-3-4-5-10(12)8-6-13-7-9(8)11/h6-7H,2-5H2,1H3. The van der Waals surface area contributed by atoms with E-state index in [1.807, 2.05) is 10.8 Å². The fraction of sp³-hybridized carbons (Fsp3) is 0.500. The molecule has 13 heavy (non-hydrogen) atoms. The molecule has 72 valence electrons. The van der Waals surface area contributed by atoms with Crippen LogP contribution in [0.2, 0.25) is 0 Å². The second-order valence-corrected chi connectivity index (χ2v) is 4.61. The highest BCUT2D eigenvalue weighted by molar-refractivity contribution is 9.10. The smallest absolute Gasteiger partial charge is 0.164 e. The minimum atomic E-state index is 0.265. The second-order valence-electron chi connectivity index (χ2n) is 3.01. The maximum absolute atomic E-state index is 11.6. The van der Waals surface area contributed by atoms with Gasteiger partial charge in [0.2, 0.25) is 0 Å². The van der Waals surface area contributed by atoms with Crippen molar-refractivity contribution >= 4 is 33.0 Å². The zero-order valence-electron chi connectivity index (χ0n) is 7.68. The third kappa shape index (κ3) is 3.24. The van der Waals surface area contributed by atoms with Crippen molar-refractivity contribution < 1.29 is 4.79 Å². The number of carbonyl (C=O) groups excluding carboxylic acids is 1. The van der Waals surface area contributed by atoms with Gasteiger partial charge in [0.1, 0.15) is 0 Å². The Morgan fingerprint density at radius 3 is 2.77 bits per heavy atom. The number of thiophene rings is 1. The first-order valence-corrected chi connectivity index (χ1v) is 6.24. The van der Waals surface area contributed by atoms with Crippen LogP contribution >= 0.6 is 27.3 Å². The van der Waals surface area contributed by atoms with Crippen molar-refractivity contribution in [3.63, 3.8) is 0 Å². The van der Waals surface area contributed by atoms with E-state index in [4.69, 9.17) is 0 Å². The Hall–Kier alpha value is -0.150. The molecular weight excluding hydrogens is 248 g/mol. The van der Waals surface area contributed by atoms with E-state index >= 15 is 0 Å². The normalized spacial score (nSPS) is 10.3. The van der Waals surface area contributed by atoms with Crippen LogP contribution in [0.15, 0.2) is 15.2 Å². The highest BCUT2D eigenvalue weighted by Gasteiger charge is 2.09. The average molecular weight is 261 g/mol. The number of hydrogen-bond donors (Lipinski definition) is 0. The summed E-state index contributed by atoms with van der Waals surface area (Å²) < 4.78 is 0.944. The molecule has 0 unspecified atom stereocenters. The summed E-state index contributed by atoms with van der Waals surface area (Å²) in [5, 5.41) is 3.87. The Morgan fingerprint density at radius 1 is 1.46 bits per heavy atom. The predicted octanol–water partition coefficient (Wildman–Crippen LogP) is 4.27. The van der Waals surface area contributed by atoms with Gasteiger partial charge in [0.25, 0.3) is 0 Å². The lowest BCUT2D eigenvalue weighted by atomic mass is 10.1. The first kappa shape index (κ1) is 10.9. The molecule has 0 bridgehead atoms. The molecule has 3 heteroatoms. The topological polar surface area (TPSA) is 17.1 Å². The van der Waals surface area contributed by atoms with Crippen LogP contribution in [-0.2, 0) is 0 Å². The molecule has 1 heterocycles. The molecule has 0 aliphatic carbocycles. The van der Waals surface area contributed by atoms with Crippen molar-refractivity contribution in [2.45, 2.75) is 32.6 Å². The monoisotopic (exact) mass is 260 g/mol. The molecule has 1 aromatic heterocycles. The molecule has 0 aromatic carbocycles. The van der Waals surface area contributed by atoms with Crippen LogP contribution in [0.3, 0.4) is 0 Å². The number of unbranched alkanes of at least 4 members (excludes halogenated alkanes) is 2. The quantitative estimate of drug-likeness (QED) is 0.571. The van der Waals surface area contributed by atoms with Gasteiger partial charge in [-0.15, -0.1) is 0 Å². The van der Waals surface area contributed by atoms with Crippen molar-refractivity contribution in [1.29, 1.82) is 0 Å². The maximum Gasteiger partial charge on any atom is 0.164 e. The molecule has 1 aromatic rings. The van der Waals surface area contributed by atoms with E-state index < -0.39 is 0 Å². The van der Waals surface area contributed by atoms with Gasteiger partial charge in [0.15, 0.2) is 5.78 Å². The Kier molecular flexibility index (Phi) is 4.67.